The van der Waals surface area contributed by atoms with Gasteiger partial charge in [-0.2, -0.15) is 0 Å². The summed E-state index contributed by atoms with van der Waals surface area (Å²) in [6, 6.07) is 22.0. The van der Waals surface area contributed by atoms with Crippen LogP contribution in [0.2, 0.25) is 0 Å². The molecule has 0 saturated heterocycles. The van der Waals surface area contributed by atoms with E-state index in [-0.39, 0.29) is 6.61 Å². The van der Waals surface area contributed by atoms with E-state index in [0.29, 0.717) is 18.5 Å². The fourth-order valence-corrected chi connectivity index (χ4v) is 6.02. The summed E-state index contributed by atoms with van der Waals surface area (Å²) in [7, 11) is 1.55. The number of rotatable bonds is 7. The molecule has 25 heavy (non-hydrogen) atoms. The predicted octanol–water partition coefficient (Wildman–Crippen LogP) is 3.50. The second-order valence-corrected chi connectivity index (χ2v) is 8.67. The molecule has 2 atom stereocenters. The number of aliphatic hydroxyl groups excluding tert-OH is 1. The van der Waals surface area contributed by atoms with E-state index in [4.69, 9.17) is 0 Å². The van der Waals surface area contributed by atoms with E-state index in [0.717, 1.165) is 0 Å². The molecule has 2 aromatic rings. The first kappa shape index (κ1) is 18.1. The molecule has 1 unspecified atom stereocenters. The summed E-state index contributed by atoms with van der Waals surface area (Å²) < 4.78 is 0. The summed E-state index contributed by atoms with van der Waals surface area (Å²) in [6.07, 6.45) is 6.82. The van der Waals surface area contributed by atoms with Gasteiger partial charge < -0.3 is 10.0 Å². The summed E-state index contributed by atoms with van der Waals surface area (Å²) in [5, 5.41) is 13.6. The number of hydrogen-bond acceptors (Lipinski definition) is 2. The van der Waals surface area contributed by atoms with Gasteiger partial charge in [0, 0.05) is 18.5 Å². The van der Waals surface area contributed by atoms with E-state index < -0.39 is 7.92 Å². The lowest BCUT2D eigenvalue weighted by Gasteiger charge is -2.33. The summed E-state index contributed by atoms with van der Waals surface area (Å²) in [6.45, 7) is 3.16. The fraction of sp³-hybridized carbons (Fsp3) is 0.273. The van der Waals surface area contributed by atoms with Crippen molar-refractivity contribution < 1.29 is 5.11 Å². The number of aliphatic hydroxyl groups is 1. The third-order valence-electron chi connectivity index (χ3n) is 4.88. The highest BCUT2D eigenvalue weighted by Gasteiger charge is 2.30. The molecule has 0 amide bonds. The third-order valence-corrected chi connectivity index (χ3v) is 7.47. The number of nitrogens with zero attached hydrogens (tertiary/aromatic N) is 1. The van der Waals surface area contributed by atoms with Gasteiger partial charge in [0.25, 0.3) is 0 Å². The molecule has 0 bridgehead atoms. The molecule has 0 spiro atoms. The van der Waals surface area contributed by atoms with Crippen LogP contribution in [0, 0.1) is 5.92 Å². The van der Waals surface area contributed by atoms with Crippen molar-refractivity contribution in [1.29, 1.82) is 0 Å². The Morgan fingerprint density at radius 1 is 1.00 bits per heavy atom. The zero-order chi connectivity index (χ0) is 17.6. The molecule has 0 aromatic heterocycles. The molecule has 0 fully saturated rings. The molecule has 2 nitrogen and oxygen atoms in total. The van der Waals surface area contributed by atoms with Crippen molar-refractivity contribution in [1.82, 2.24) is 4.90 Å². The first-order chi connectivity index (χ1) is 12.2. The standard InChI is InChI=1S/C22H26NOP/c1-18(23(2)16-17-24)21-14-9-15-22(21)25(19-10-5-3-6-11-19)20-12-7-4-8-13-20/h3-15,18,21,24H,16-17H2,1-2H3/t18-,21?/m1/s1. The van der Waals surface area contributed by atoms with Gasteiger partial charge in [0.05, 0.1) is 6.61 Å². The van der Waals surface area contributed by atoms with E-state index in [9.17, 15) is 5.11 Å². The number of allylic oxidation sites excluding steroid dienone is 2. The van der Waals surface area contributed by atoms with E-state index in [1.165, 1.54) is 15.9 Å². The maximum absolute atomic E-state index is 9.29. The van der Waals surface area contributed by atoms with E-state index in [2.05, 4.69) is 97.8 Å². The fourth-order valence-electron chi connectivity index (χ4n) is 3.35. The average molecular weight is 351 g/mol. The third kappa shape index (κ3) is 4.10. The van der Waals surface area contributed by atoms with Crippen molar-refractivity contribution in [3.63, 3.8) is 0 Å². The van der Waals surface area contributed by atoms with Crippen LogP contribution >= 0.6 is 7.92 Å². The normalized spacial score (nSPS) is 18.0. The largest absolute Gasteiger partial charge is 0.395 e. The average Bonchev–Trinajstić information content (AvgIpc) is 3.12. The van der Waals surface area contributed by atoms with E-state index in [1.807, 2.05) is 0 Å². The summed E-state index contributed by atoms with van der Waals surface area (Å²) in [5.74, 6) is 0.378. The van der Waals surface area contributed by atoms with Crippen molar-refractivity contribution in [3.05, 3.63) is 84.2 Å². The van der Waals surface area contributed by atoms with Crippen molar-refractivity contribution in [3.8, 4) is 0 Å². The molecule has 0 saturated carbocycles. The maximum Gasteiger partial charge on any atom is 0.0558 e. The number of likely N-dealkylation sites (N-methyl/N-ethyl adjacent to an activating group) is 1. The minimum atomic E-state index is -0.548. The van der Waals surface area contributed by atoms with Crippen LogP contribution in [0.3, 0.4) is 0 Å². The van der Waals surface area contributed by atoms with E-state index in [1.54, 1.807) is 0 Å². The van der Waals surface area contributed by atoms with Gasteiger partial charge in [-0.15, -0.1) is 0 Å². The van der Waals surface area contributed by atoms with Gasteiger partial charge in [-0.05, 0) is 37.8 Å². The Morgan fingerprint density at radius 2 is 1.56 bits per heavy atom. The van der Waals surface area contributed by atoms with Gasteiger partial charge in [-0.3, -0.25) is 0 Å². The molecule has 1 aliphatic rings. The molecule has 1 N–H and O–H groups in total. The Morgan fingerprint density at radius 3 is 2.08 bits per heavy atom. The molecule has 0 heterocycles. The Balaban J connectivity index is 1.96. The van der Waals surface area contributed by atoms with Crippen LogP contribution in [0.4, 0.5) is 0 Å². The molecule has 0 radical (unpaired) electrons. The van der Waals surface area contributed by atoms with Crippen LogP contribution in [-0.4, -0.2) is 36.2 Å². The lowest BCUT2D eigenvalue weighted by molar-refractivity contribution is 0.174. The van der Waals surface area contributed by atoms with Gasteiger partial charge in [-0.1, -0.05) is 78.9 Å². The number of benzene rings is 2. The van der Waals surface area contributed by atoms with Gasteiger partial charge in [0.1, 0.15) is 0 Å². The first-order valence-electron chi connectivity index (χ1n) is 8.82. The van der Waals surface area contributed by atoms with Crippen molar-refractivity contribution in [2.75, 3.05) is 20.2 Å². The zero-order valence-electron chi connectivity index (χ0n) is 14.9. The predicted molar refractivity (Wildman–Crippen MR) is 109 cm³/mol. The quantitative estimate of drug-likeness (QED) is 0.772. The minimum absolute atomic E-state index is 0.197. The molecule has 3 heteroatoms. The van der Waals surface area contributed by atoms with Crippen LogP contribution in [0.15, 0.2) is 84.2 Å². The second-order valence-electron chi connectivity index (χ2n) is 6.45. The summed E-state index contributed by atoms with van der Waals surface area (Å²) in [5.41, 5.74) is 0. The van der Waals surface area contributed by atoms with Gasteiger partial charge in [0.2, 0.25) is 0 Å². The maximum atomic E-state index is 9.29. The summed E-state index contributed by atoms with van der Waals surface area (Å²) >= 11 is 0. The lowest BCUT2D eigenvalue weighted by atomic mass is 10.0. The monoisotopic (exact) mass is 351 g/mol. The van der Waals surface area contributed by atoms with E-state index >= 15 is 0 Å². The van der Waals surface area contributed by atoms with Crippen LogP contribution in [0.1, 0.15) is 6.92 Å². The topological polar surface area (TPSA) is 23.5 Å². The van der Waals surface area contributed by atoms with Crippen molar-refractivity contribution in [2.45, 2.75) is 13.0 Å². The first-order valence-corrected chi connectivity index (χ1v) is 10.2. The molecular weight excluding hydrogens is 325 g/mol. The molecular formula is C22H26NOP. The highest BCUT2D eigenvalue weighted by molar-refractivity contribution is 7.76. The minimum Gasteiger partial charge on any atom is -0.395 e. The Labute approximate surface area is 152 Å². The highest BCUT2D eigenvalue weighted by Crippen LogP contribution is 2.50. The van der Waals surface area contributed by atoms with Crippen LogP contribution in [-0.2, 0) is 0 Å². The van der Waals surface area contributed by atoms with Gasteiger partial charge >= 0.3 is 0 Å². The smallest absolute Gasteiger partial charge is 0.0558 e. The van der Waals surface area contributed by atoms with Crippen molar-refractivity contribution >= 4 is 18.5 Å². The van der Waals surface area contributed by atoms with Gasteiger partial charge in [-0.25, -0.2) is 0 Å². The van der Waals surface area contributed by atoms with Gasteiger partial charge in [0.15, 0.2) is 0 Å². The SMILES string of the molecule is C[C@H](C1C=CC=C1P(c1ccccc1)c1ccccc1)N(C)CCO. The van der Waals surface area contributed by atoms with Crippen LogP contribution in [0.5, 0.6) is 0 Å². The highest BCUT2D eigenvalue weighted by atomic mass is 31.1. The molecule has 130 valence electrons. The number of hydrogen-bond donors (Lipinski definition) is 1. The lowest BCUT2D eigenvalue weighted by Crippen LogP contribution is -2.37. The molecule has 3 rings (SSSR count). The second kappa shape index (κ2) is 8.58. The van der Waals surface area contributed by atoms with Crippen molar-refractivity contribution in [2.24, 2.45) is 5.92 Å². The Bertz CT molecular complexity index is 687. The summed E-state index contributed by atoms with van der Waals surface area (Å²) in [4.78, 5) is 2.25. The molecule has 0 aliphatic heterocycles. The van der Waals surface area contributed by atoms with Crippen LogP contribution in [0.25, 0.3) is 0 Å². The molecule has 2 aromatic carbocycles. The Kier molecular flexibility index (Phi) is 6.20. The van der Waals surface area contributed by atoms with Crippen LogP contribution < -0.4 is 10.6 Å². The molecule has 1 aliphatic carbocycles. The Hall–Kier alpha value is -1.73. The zero-order valence-corrected chi connectivity index (χ0v) is 15.8.